The minimum Gasteiger partial charge on any atom is -0.261 e. The van der Waals surface area contributed by atoms with Crippen LogP contribution in [-0.4, -0.2) is 9.97 Å². The highest BCUT2D eigenvalue weighted by Gasteiger charge is 2.21. The van der Waals surface area contributed by atoms with Crippen molar-refractivity contribution in [2.24, 2.45) is 0 Å². The molecule has 0 fully saturated rings. The fraction of sp³-hybridized carbons (Fsp3) is 0.385. The fourth-order valence-corrected chi connectivity index (χ4v) is 2.85. The maximum absolute atomic E-state index is 13.1. The Labute approximate surface area is 105 Å². The van der Waals surface area contributed by atoms with E-state index < -0.39 is 0 Å². The van der Waals surface area contributed by atoms with Crippen LogP contribution in [-0.2, 0) is 5.41 Å². The second kappa shape index (κ2) is 4.18. The van der Waals surface area contributed by atoms with Crippen LogP contribution < -0.4 is 0 Å². The lowest BCUT2D eigenvalue weighted by molar-refractivity contribution is 0.598. The third-order valence-electron chi connectivity index (χ3n) is 2.43. The molecule has 0 aromatic carbocycles. The minimum atomic E-state index is -0.326. The van der Waals surface area contributed by atoms with Gasteiger partial charge in [-0.25, -0.2) is 9.37 Å². The van der Waals surface area contributed by atoms with Crippen LogP contribution in [0, 0.1) is 12.7 Å². The molecule has 0 amide bonds. The van der Waals surface area contributed by atoms with Gasteiger partial charge in [0.25, 0.3) is 0 Å². The SMILES string of the molecule is Cc1nc(-c2cncc(F)c2)sc1C(C)(C)C. The maximum Gasteiger partial charge on any atom is 0.142 e. The molecule has 0 atom stereocenters. The van der Waals surface area contributed by atoms with Crippen molar-refractivity contribution in [3.8, 4) is 10.6 Å². The monoisotopic (exact) mass is 250 g/mol. The number of hydrogen-bond donors (Lipinski definition) is 0. The first kappa shape index (κ1) is 12.2. The van der Waals surface area contributed by atoms with E-state index in [0.29, 0.717) is 0 Å². The molecular formula is C13H15FN2S. The predicted octanol–water partition coefficient (Wildman–Crippen LogP) is 3.95. The van der Waals surface area contributed by atoms with Gasteiger partial charge in [-0.3, -0.25) is 4.98 Å². The van der Waals surface area contributed by atoms with Gasteiger partial charge in [0.05, 0.1) is 11.9 Å². The molecule has 0 aliphatic rings. The quantitative estimate of drug-likeness (QED) is 0.766. The van der Waals surface area contributed by atoms with Crippen molar-refractivity contribution in [1.82, 2.24) is 9.97 Å². The molecule has 17 heavy (non-hydrogen) atoms. The fourth-order valence-electron chi connectivity index (χ4n) is 1.74. The van der Waals surface area contributed by atoms with E-state index in [2.05, 4.69) is 30.7 Å². The first-order chi connectivity index (χ1) is 7.88. The smallest absolute Gasteiger partial charge is 0.142 e. The third-order valence-corrected chi connectivity index (χ3v) is 4.06. The maximum atomic E-state index is 13.1. The second-order valence-electron chi connectivity index (χ2n) is 5.08. The summed E-state index contributed by atoms with van der Waals surface area (Å²) >= 11 is 1.61. The number of nitrogens with zero attached hydrogens (tertiary/aromatic N) is 2. The van der Waals surface area contributed by atoms with Crippen LogP contribution in [0.1, 0.15) is 31.3 Å². The molecule has 2 aromatic rings. The van der Waals surface area contributed by atoms with Crippen molar-refractivity contribution < 1.29 is 4.39 Å². The van der Waals surface area contributed by atoms with Gasteiger partial charge >= 0.3 is 0 Å². The molecule has 0 bridgehead atoms. The van der Waals surface area contributed by atoms with E-state index in [9.17, 15) is 4.39 Å². The zero-order valence-corrected chi connectivity index (χ0v) is 11.2. The Morgan fingerprint density at radius 3 is 2.47 bits per heavy atom. The molecule has 0 saturated carbocycles. The second-order valence-corrected chi connectivity index (χ2v) is 6.07. The number of halogens is 1. The molecule has 90 valence electrons. The van der Waals surface area contributed by atoms with E-state index >= 15 is 0 Å². The van der Waals surface area contributed by atoms with Crippen LogP contribution in [0.2, 0.25) is 0 Å². The minimum absolute atomic E-state index is 0.0702. The van der Waals surface area contributed by atoms with Gasteiger partial charge in [0.2, 0.25) is 0 Å². The Bertz CT molecular complexity index is 541. The van der Waals surface area contributed by atoms with E-state index in [1.54, 1.807) is 17.5 Å². The number of thiazole rings is 1. The average molecular weight is 250 g/mol. The molecule has 0 spiro atoms. The predicted molar refractivity (Wildman–Crippen MR) is 68.7 cm³/mol. The van der Waals surface area contributed by atoms with Crippen LogP contribution in [0.15, 0.2) is 18.5 Å². The normalized spacial score (nSPS) is 11.8. The van der Waals surface area contributed by atoms with Gasteiger partial charge in [-0.05, 0) is 18.4 Å². The van der Waals surface area contributed by atoms with Crippen LogP contribution in [0.4, 0.5) is 4.39 Å². The standard InChI is InChI=1S/C13H15FN2S/c1-8-11(13(2,3)4)17-12(16-8)9-5-10(14)7-15-6-9/h5-7H,1-4H3. The summed E-state index contributed by atoms with van der Waals surface area (Å²) in [4.78, 5) is 9.59. The lowest BCUT2D eigenvalue weighted by Gasteiger charge is -2.16. The van der Waals surface area contributed by atoms with Gasteiger partial charge < -0.3 is 0 Å². The summed E-state index contributed by atoms with van der Waals surface area (Å²) in [5.74, 6) is -0.326. The number of aryl methyl sites for hydroxylation is 1. The molecule has 0 N–H and O–H groups in total. The van der Waals surface area contributed by atoms with Crippen molar-refractivity contribution in [2.45, 2.75) is 33.1 Å². The summed E-state index contributed by atoms with van der Waals surface area (Å²) in [5.41, 5.74) is 1.83. The van der Waals surface area contributed by atoms with Gasteiger partial charge in [-0.2, -0.15) is 0 Å². The Kier molecular flexibility index (Phi) is 3.00. The molecule has 0 aliphatic carbocycles. The van der Waals surface area contributed by atoms with Crippen molar-refractivity contribution in [3.63, 3.8) is 0 Å². The van der Waals surface area contributed by atoms with Gasteiger partial charge in [0.1, 0.15) is 10.8 Å². The van der Waals surface area contributed by atoms with Crippen LogP contribution in [0.5, 0.6) is 0 Å². The van der Waals surface area contributed by atoms with Gasteiger partial charge in [0.15, 0.2) is 0 Å². The Hall–Kier alpha value is -1.29. The first-order valence-electron chi connectivity index (χ1n) is 5.47. The number of aromatic nitrogens is 2. The molecule has 2 aromatic heterocycles. The Balaban J connectivity index is 2.49. The van der Waals surface area contributed by atoms with E-state index in [-0.39, 0.29) is 11.2 Å². The van der Waals surface area contributed by atoms with Crippen molar-refractivity contribution in [1.29, 1.82) is 0 Å². The van der Waals surface area contributed by atoms with Crippen LogP contribution in [0.3, 0.4) is 0 Å². The summed E-state index contributed by atoms with van der Waals surface area (Å²) in [7, 11) is 0. The Morgan fingerprint density at radius 1 is 1.24 bits per heavy atom. The first-order valence-corrected chi connectivity index (χ1v) is 6.28. The lowest BCUT2D eigenvalue weighted by Crippen LogP contribution is -2.10. The van der Waals surface area contributed by atoms with E-state index in [0.717, 1.165) is 16.3 Å². The van der Waals surface area contributed by atoms with E-state index in [4.69, 9.17) is 0 Å². The molecule has 0 radical (unpaired) electrons. The molecule has 2 nitrogen and oxygen atoms in total. The van der Waals surface area contributed by atoms with Crippen LogP contribution >= 0.6 is 11.3 Å². The highest BCUT2D eigenvalue weighted by Crippen LogP contribution is 2.35. The van der Waals surface area contributed by atoms with Crippen molar-refractivity contribution in [3.05, 3.63) is 34.8 Å². The van der Waals surface area contributed by atoms with Crippen molar-refractivity contribution in [2.75, 3.05) is 0 Å². The molecular weight excluding hydrogens is 235 g/mol. The van der Waals surface area contributed by atoms with Gasteiger partial charge in [0, 0.05) is 16.6 Å². The van der Waals surface area contributed by atoms with E-state index in [1.165, 1.54) is 17.1 Å². The molecule has 0 saturated heterocycles. The molecule has 2 heterocycles. The van der Waals surface area contributed by atoms with Gasteiger partial charge in [-0.1, -0.05) is 20.8 Å². The Morgan fingerprint density at radius 2 is 1.94 bits per heavy atom. The molecule has 2 rings (SSSR count). The molecule has 4 heteroatoms. The summed E-state index contributed by atoms with van der Waals surface area (Å²) < 4.78 is 13.1. The zero-order chi connectivity index (χ0) is 12.6. The summed E-state index contributed by atoms with van der Waals surface area (Å²) in [6.07, 6.45) is 2.85. The lowest BCUT2D eigenvalue weighted by atomic mass is 9.93. The highest BCUT2D eigenvalue weighted by molar-refractivity contribution is 7.15. The zero-order valence-electron chi connectivity index (χ0n) is 10.4. The number of hydrogen-bond acceptors (Lipinski definition) is 3. The average Bonchev–Trinajstić information content (AvgIpc) is 2.60. The largest absolute Gasteiger partial charge is 0.261 e. The van der Waals surface area contributed by atoms with Crippen molar-refractivity contribution >= 4 is 11.3 Å². The van der Waals surface area contributed by atoms with Gasteiger partial charge in [-0.15, -0.1) is 11.3 Å². The van der Waals surface area contributed by atoms with Crippen LogP contribution in [0.25, 0.3) is 10.6 Å². The topological polar surface area (TPSA) is 25.8 Å². The highest BCUT2D eigenvalue weighted by atomic mass is 32.1. The summed E-state index contributed by atoms with van der Waals surface area (Å²) in [6.45, 7) is 8.46. The number of rotatable bonds is 1. The molecule has 0 aliphatic heterocycles. The summed E-state index contributed by atoms with van der Waals surface area (Å²) in [5, 5.41) is 0.833. The molecule has 0 unspecified atom stereocenters. The number of pyridine rings is 1. The third kappa shape index (κ3) is 2.52. The summed E-state index contributed by atoms with van der Waals surface area (Å²) in [6, 6.07) is 1.47. The van der Waals surface area contributed by atoms with E-state index in [1.807, 2.05) is 6.92 Å².